The third-order valence-corrected chi connectivity index (χ3v) is 2.30. The Hall–Kier alpha value is -1.29. The van der Waals surface area contributed by atoms with Crippen molar-refractivity contribution in [2.24, 2.45) is 5.73 Å². The van der Waals surface area contributed by atoms with Gasteiger partial charge in [0.1, 0.15) is 5.75 Å². The standard InChI is InChI=1S/C10H11B2NO3/c1-14-7-5-9-8(4-6(7)2-3-13)15-10(11,12)16-9/h4-5H,2-3,13H2,1H3. The smallest absolute Gasteiger partial charge is 0.175 e. The van der Waals surface area contributed by atoms with Gasteiger partial charge in [-0.1, -0.05) is 0 Å². The molecule has 16 heavy (non-hydrogen) atoms. The normalized spacial score (nSPS) is 16.1. The molecular weight excluding hydrogens is 204 g/mol. The van der Waals surface area contributed by atoms with E-state index < -0.39 is 5.59 Å². The lowest BCUT2D eigenvalue weighted by Gasteiger charge is -2.18. The minimum atomic E-state index is -1.60. The molecule has 0 unspecified atom stereocenters. The Morgan fingerprint density at radius 3 is 2.50 bits per heavy atom. The maximum absolute atomic E-state index is 5.51. The van der Waals surface area contributed by atoms with Crippen molar-refractivity contribution in [2.75, 3.05) is 13.7 Å². The second kappa shape index (κ2) is 3.94. The highest BCUT2D eigenvalue weighted by atomic mass is 16.7. The van der Waals surface area contributed by atoms with Gasteiger partial charge in [-0.2, -0.15) is 0 Å². The van der Waals surface area contributed by atoms with Crippen molar-refractivity contribution in [2.45, 2.75) is 12.0 Å². The molecule has 0 fully saturated rings. The Morgan fingerprint density at radius 2 is 1.94 bits per heavy atom. The first-order valence-corrected chi connectivity index (χ1v) is 4.92. The van der Waals surface area contributed by atoms with Gasteiger partial charge < -0.3 is 19.9 Å². The van der Waals surface area contributed by atoms with Crippen molar-refractivity contribution in [3.63, 3.8) is 0 Å². The summed E-state index contributed by atoms with van der Waals surface area (Å²) in [7, 11) is 12.6. The summed E-state index contributed by atoms with van der Waals surface area (Å²) >= 11 is 0. The van der Waals surface area contributed by atoms with Gasteiger partial charge >= 0.3 is 0 Å². The van der Waals surface area contributed by atoms with Crippen molar-refractivity contribution in [1.82, 2.24) is 0 Å². The first-order chi connectivity index (χ1) is 7.55. The molecule has 0 atom stereocenters. The lowest BCUT2D eigenvalue weighted by molar-refractivity contribution is 0.0833. The Balaban J connectivity index is 2.38. The molecule has 1 aliphatic rings. The van der Waals surface area contributed by atoms with Gasteiger partial charge in [0.15, 0.2) is 32.8 Å². The number of rotatable bonds is 3. The second-order valence-electron chi connectivity index (χ2n) is 3.57. The number of ether oxygens (including phenoxy) is 3. The van der Waals surface area contributed by atoms with Crippen LogP contribution in [-0.4, -0.2) is 34.9 Å². The van der Waals surface area contributed by atoms with E-state index in [1.807, 2.05) is 0 Å². The average molecular weight is 215 g/mol. The second-order valence-corrected chi connectivity index (χ2v) is 3.57. The molecule has 4 nitrogen and oxygen atoms in total. The molecule has 0 aliphatic carbocycles. The van der Waals surface area contributed by atoms with Gasteiger partial charge in [-0.05, 0) is 24.6 Å². The molecule has 2 rings (SSSR count). The van der Waals surface area contributed by atoms with E-state index in [2.05, 4.69) is 0 Å². The number of methoxy groups -OCH3 is 1. The molecule has 1 aliphatic heterocycles. The summed E-state index contributed by atoms with van der Waals surface area (Å²) in [6.45, 7) is 0.520. The fourth-order valence-corrected chi connectivity index (χ4v) is 1.65. The van der Waals surface area contributed by atoms with E-state index in [-0.39, 0.29) is 0 Å². The highest BCUT2D eigenvalue weighted by Crippen LogP contribution is 2.41. The van der Waals surface area contributed by atoms with Gasteiger partial charge in [0.2, 0.25) is 0 Å². The first kappa shape index (κ1) is 11.2. The molecule has 0 saturated heterocycles. The molecule has 1 aromatic rings. The zero-order valence-corrected chi connectivity index (χ0v) is 9.03. The van der Waals surface area contributed by atoms with Crippen LogP contribution in [-0.2, 0) is 6.42 Å². The van der Waals surface area contributed by atoms with Crippen LogP contribution >= 0.6 is 0 Å². The molecule has 0 bridgehead atoms. The van der Waals surface area contributed by atoms with Crippen LogP contribution in [0.1, 0.15) is 5.56 Å². The van der Waals surface area contributed by atoms with Gasteiger partial charge in [-0.15, -0.1) is 0 Å². The lowest BCUT2D eigenvalue weighted by Crippen LogP contribution is -2.39. The van der Waals surface area contributed by atoms with E-state index in [1.54, 1.807) is 19.2 Å². The topological polar surface area (TPSA) is 53.7 Å². The molecule has 0 saturated carbocycles. The summed E-state index contributed by atoms with van der Waals surface area (Å²) in [5.41, 5.74) is 4.84. The number of hydrogen-bond donors (Lipinski definition) is 1. The number of benzene rings is 1. The molecule has 6 heteroatoms. The third kappa shape index (κ3) is 1.97. The van der Waals surface area contributed by atoms with Crippen LogP contribution < -0.4 is 19.9 Å². The summed E-state index contributed by atoms with van der Waals surface area (Å²) in [4.78, 5) is 0. The van der Waals surface area contributed by atoms with Gasteiger partial charge in [0.25, 0.3) is 0 Å². The van der Waals surface area contributed by atoms with Crippen molar-refractivity contribution in [3.8, 4) is 17.2 Å². The fraction of sp³-hybridized carbons (Fsp3) is 0.400. The maximum Gasteiger partial charge on any atom is 0.175 e. The molecule has 4 radical (unpaired) electrons. The minimum Gasteiger partial charge on any atom is -0.496 e. The van der Waals surface area contributed by atoms with Crippen molar-refractivity contribution < 1.29 is 14.2 Å². The van der Waals surface area contributed by atoms with Gasteiger partial charge in [-0.25, -0.2) is 0 Å². The summed E-state index contributed by atoms with van der Waals surface area (Å²) in [6, 6.07) is 3.48. The maximum atomic E-state index is 5.51. The van der Waals surface area contributed by atoms with E-state index >= 15 is 0 Å². The minimum absolute atomic E-state index is 0.475. The highest BCUT2D eigenvalue weighted by molar-refractivity contribution is 6.38. The molecule has 80 valence electrons. The summed E-state index contributed by atoms with van der Waals surface area (Å²) in [6.07, 6.45) is 0.682. The van der Waals surface area contributed by atoms with Crippen LogP contribution in [0.5, 0.6) is 17.2 Å². The SMILES string of the molecule is [B]C1([B])Oc2cc(CCN)c(OC)cc2O1. The Kier molecular flexibility index (Phi) is 2.76. The Bertz CT molecular complexity index is 409. The van der Waals surface area contributed by atoms with Crippen LogP contribution in [0, 0.1) is 0 Å². The summed E-state index contributed by atoms with van der Waals surface area (Å²) < 4.78 is 15.6. The van der Waals surface area contributed by atoms with E-state index in [9.17, 15) is 0 Å². The highest BCUT2D eigenvalue weighted by Gasteiger charge is 2.31. The Labute approximate surface area is 96.9 Å². The predicted molar refractivity (Wildman–Crippen MR) is 61.2 cm³/mol. The van der Waals surface area contributed by atoms with Crippen molar-refractivity contribution >= 4 is 15.7 Å². The Morgan fingerprint density at radius 1 is 1.31 bits per heavy atom. The molecule has 0 aromatic heterocycles. The molecule has 1 aromatic carbocycles. The zero-order chi connectivity index (χ0) is 11.8. The number of nitrogens with two attached hydrogens (primary N) is 1. The van der Waals surface area contributed by atoms with Crippen LogP contribution in [0.3, 0.4) is 0 Å². The molecule has 0 spiro atoms. The van der Waals surface area contributed by atoms with Gasteiger partial charge in [-0.3, -0.25) is 0 Å². The quantitative estimate of drug-likeness (QED) is 0.716. The van der Waals surface area contributed by atoms with Gasteiger partial charge in [0, 0.05) is 6.07 Å². The van der Waals surface area contributed by atoms with Gasteiger partial charge in [0.05, 0.1) is 7.11 Å². The van der Waals surface area contributed by atoms with Crippen LogP contribution in [0.4, 0.5) is 0 Å². The van der Waals surface area contributed by atoms with Crippen LogP contribution in [0.25, 0.3) is 0 Å². The number of fused-ring (bicyclic) bond motifs is 1. The molecule has 1 heterocycles. The predicted octanol–water partition coefficient (Wildman–Crippen LogP) is -0.0841. The van der Waals surface area contributed by atoms with Crippen LogP contribution in [0.15, 0.2) is 12.1 Å². The van der Waals surface area contributed by atoms with Crippen molar-refractivity contribution in [1.29, 1.82) is 0 Å². The average Bonchev–Trinajstić information content (AvgIpc) is 2.50. The molecule has 2 N–H and O–H groups in total. The third-order valence-electron chi connectivity index (χ3n) is 2.30. The monoisotopic (exact) mass is 215 g/mol. The van der Waals surface area contributed by atoms with Crippen molar-refractivity contribution in [3.05, 3.63) is 17.7 Å². The summed E-state index contributed by atoms with van der Waals surface area (Å²) in [5.74, 6) is 1.67. The van der Waals surface area contributed by atoms with E-state index in [1.165, 1.54) is 0 Å². The fourth-order valence-electron chi connectivity index (χ4n) is 1.65. The molecular formula is C10H11B2NO3. The van der Waals surface area contributed by atoms with E-state index in [0.29, 0.717) is 30.2 Å². The lowest BCUT2D eigenvalue weighted by atomic mass is 9.76. The first-order valence-electron chi connectivity index (χ1n) is 4.92. The number of hydrogen-bond acceptors (Lipinski definition) is 4. The largest absolute Gasteiger partial charge is 0.496 e. The zero-order valence-electron chi connectivity index (χ0n) is 9.03. The van der Waals surface area contributed by atoms with E-state index in [0.717, 1.165) is 5.56 Å². The summed E-state index contributed by atoms with van der Waals surface area (Å²) in [5, 5.41) is 0. The molecule has 0 amide bonds. The van der Waals surface area contributed by atoms with Crippen LogP contribution in [0.2, 0.25) is 0 Å². The van der Waals surface area contributed by atoms with E-state index in [4.69, 9.17) is 35.6 Å².